The minimum absolute atomic E-state index is 0.297. The number of carboxylic acids is 1. The van der Waals surface area contributed by atoms with Crippen molar-refractivity contribution in [3.05, 3.63) is 53.7 Å². The molecular weight excluding hydrogens is 264 g/mol. The predicted molar refractivity (Wildman–Crippen MR) is 81.2 cm³/mol. The van der Waals surface area contributed by atoms with E-state index in [9.17, 15) is 4.79 Å². The van der Waals surface area contributed by atoms with Crippen LogP contribution in [0.3, 0.4) is 0 Å². The number of carboxylic acid groups (broad SMARTS) is 1. The van der Waals surface area contributed by atoms with Crippen molar-refractivity contribution in [1.82, 2.24) is 9.88 Å². The highest BCUT2D eigenvalue weighted by Crippen LogP contribution is 2.30. The topological polar surface area (TPSA) is 53.4 Å². The van der Waals surface area contributed by atoms with Crippen LogP contribution in [-0.4, -0.2) is 34.6 Å². The zero-order valence-electron chi connectivity index (χ0n) is 12.0. The number of aromatic carboxylic acids is 1. The van der Waals surface area contributed by atoms with E-state index in [4.69, 9.17) is 10.1 Å². The smallest absolute Gasteiger partial charge is 0.335 e. The summed E-state index contributed by atoms with van der Waals surface area (Å²) >= 11 is 0. The summed E-state index contributed by atoms with van der Waals surface area (Å²) in [6, 6.07) is 13.3. The molecule has 3 rings (SSSR count). The van der Waals surface area contributed by atoms with Crippen molar-refractivity contribution in [1.29, 1.82) is 0 Å². The van der Waals surface area contributed by atoms with E-state index in [1.54, 1.807) is 12.1 Å². The van der Waals surface area contributed by atoms with Gasteiger partial charge in [-0.2, -0.15) is 0 Å². The molecule has 0 radical (unpaired) electrons. The Hall–Kier alpha value is -2.20. The van der Waals surface area contributed by atoms with Crippen LogP contribution in [0, 0.1) is 0 Å². The number of benzene rings is 1. The van der Waals surface area contributed by atoms with Crippen LogP contribution in [0.25, 0.3) is 11.3 Å². The van der Waals surface area contributed by atoms with Gasteiger partial charge in [0.05, 0.1) is 23.0 Å². The summed E-state index contributed by atoms with van der Waals surface area (Å²) in [5.41, 5.74) is 3.23. The molecule has 1 atom stereocenters. The highest BCUT2D eigenvalue weighted by atomic mass is 16.4. The third-order valence-electron chi connectivity index (χ3n) is 4.06. The highest BCUT2D eigenvalue weighted by molar-refractivity contribution is 5.88. The zero-order chi connectivity index (χ0) is 14.8. The Morgan fingerprint density at radius 3 is 2.62 bits per heavy atom. The Morgan fingerprint density at radius 1 is 1.24 bits per heavy atom. The molecule has 0 saturated carbocycles. The molecule has 0 aliphatic carbocycles. The van der Waals surface area contributed by atoms with Gasteiger partial charge in [0.15, 0.2) is 0 Å². The molecule has 1 aliphatic rings. The van der Waals surface area contributed by atoms with E-state index in [0.29, 0.717) is 11.6 Å². The second-order valence-corrected chi connectivity index (χ2v) is 5.47. The fourth-order valence-corrected chi connectivity index (χ4v) is 2.87. The molecule has 21 heavy (non-hydrogen) atoms. The molecule has 1 fully saturated rings. The lowest BCUT2D eigenvalue weighted by Crippen LogP contribution is -2.18. The summed E-state index contributed by atoms with van der Waals surface area (Å²) in [5.74, 6) is -0.907. The van der Waals surface area contributed by atoms with Crippen molar-refractivity contribution >= 4 is 5.97 Å². The van der Waals surface area contributed by atoms with Gasteiger partial charge in [-0.3, -0.25) is 9.88 Å². The quantitative estimate of drug-likeness (QED) is 0.939. The Labute approximate surface area is 124 Å². The summed E-state index contributed by atoms with van der Waals surface area (Å²) < 4.78 is 0. The van der Waals surface area contributed by atoms with Crippen LogP contribution in [0.15, 0.2) is 42.5 Å². The summed E-state index contributed by atoms with van der Waals surface area (Å²) in [7, 11) is 2.13. The molecule has 0 bridgehead atoms. The van der Waals surface area contributed by atoms with E-state index in [1.165, 1.54) is 6.42 Å². The lowest BCUT2D eigenvalue weighted by molar-refractivity contribution is 0.0697. The van der Waals surface area contributed by atoms with Crippen LogP contribution >= 0.6 is 0 Å². The van der Waals surface area contributed by atoms with Gasteiger partial charge in [-0.15, -0.1) is 0 Å². The van der Waals surface area contributed by atoms with Crippen molar-refractivity contribution in [2.45, 2.75) is 18.9 Å². The lowest BCUT2D eigenvalue weighted by Gasteiger charge is -2.19. The van der Waals surface area contributed by atoms with E-state index in [1.807, 2.05) is 24.3 Å². The molecule has 4 heteroatoms. The number of rotatable bonds is 3. The summed E-state index contributed by atoms with van der Waals surface area (Å²) in [4.78, 5) is 18.0. The number of pyridine rings is 1. The van der Waals surface area contributed by atoms with Crippen molar-refractivity contribution in [2.24, 2.45) is 0 Å². The Balaban J connectivity index is 1.90. The van der Waals surface area contributed by atoms with Gasteiger partial charge < -0.3 is 5.11 Å². The Bertz CT molecular complexity index is 652. The normalized spacial score (nSPS) is 18.8. The first kappa shape index (κ1) is 13.8. The zero-order valence-corrected chi connectivity index (χ0v) is 12.0. The minimum Gasteiger partial charge on any atom is -0.478 e. The molecule has 1 aromatic heterocycles. The molecular formula is C17H18N2O2. The fourth-order valence-electron chi connectivity index (χ4n) is 2.87. The molecule has 0 amide bonds. The van der Waals surface area contributed by atoms with Gasteiger partial charge in [0.25, 0.3) is 0 Å². The molecule has 1 saturated heterocycles. The molecule has 0 unspecified atom stereocenters. The average molecular weight is 282 g/mol. The van der Waals surface area contributed by atoms with E-state index < -0.39 is 5.97 Å². The number of likely N-dealkylation sites (tertiary alicyclic amines) is 1. The van der Waals surface area contributed by atoms with Gasteiger partial charge in [-0.1, -0.05) is 18.2 Å². The molecule has 4 nitrogen and oxygen atoms in total. The standard InChI is InChI=1S/C17H18N2O2/c1-19-11-3-6-16(19)15-5-2-4-14(18-15)12-7-9-13(10-8-12)17(20)21/h2,4-5,7-10,16H,3,6,11H2,1H3,(H,20,21)/t16-/m0/s1. The first-order chi connectivity index (χ1) is 10.1. The van der Waals surface area contributed by atoms with Gasteiger partial charge in [0.1, 0.15) is 0 Å². The van der Waals surface area contributed by atoms with Gasteiger partial charge in [-0.25, -0.2) is 4.79 Å². The van der Waals surface area contributed by atoms with E-state index >= 15 is 0 Å². The van der Waals surface area contributed by atoms with Crippen LogP contribution in [0.4, 0.5) is 0 Å². The number of aromatic nitrogens is 1. The van der Waals surface area contributed by atoms with E-state index in [2.05, 4.69) is 18.0 Å². The first-order valence-corrected chi connectivity index (χ1v) is 7.16. The largest absolute Gasteiger partial charge is 0.478 e. The molecule has 1 N–H and O–H groups in total. The van der Waals surface area contributed by atoms with Gasteiger partial charge >= 0.3 is 5.97 Å². The molecule has 1 aliphatic heterocycles. The summed E-state index contributed by atoms with van der Waals surface area (Å²) in [6.45, 7) is 1.11. The SMILES string of the molecule is CN1CCC[C@H]1c1cccc(-c2ccc(C(=O)O)cc2)n1. The van der Waals surface area contributed by atoms with Crippen molar-refractivity contribution in [3.63, 3.8) is 0 Å². The van der Waals surface area contributed by atoms with Gasteiger partial charge in [0.2, 0.25) is 0 Å². The number of hydrogen-bond acceptors (Lipinski definition) is 3. The second-order valence-electron chi connectivity index (χ2n) is 5.47. The van der Waals surface area contributed by atoms with Crippen LogP contribution in [0.2, 0.25) is 0 Å². The molecule has 1 aromatic carbocycles. The van der Waals surface area contributed by atoms with Gasteiger partial charge in [-0.05, 0) is 50.7 Å². The molecule has 2 aromatic rings. The lowest BCUT2D eigenvalue weighted by atomic mass is 10.1. The Kier molecular flexibility index (Phi) is 3.71. The van der Waals surface area contributed by atoms with Gasteiger partial charge in [0, 0.05) is 5.56 Å². The monoisotopic (exact) mass is 282 g/mol. The van der Waals surface area contributed by atoms with Crippen molar-refractivity contribution in [2.75, 3.05) is 13.6 Å². The van der Waals surface area contributed by atoms with Crippen LogP contribution in [0.5, 0.6) is 0 Å². The average Bonchev–Trinajstić information content (AvgIpc) is 2.94. The van der Waals surface area contributed by atoms with E-state index in [0.717, 1.165) is 29.9 Å². The second kappa shape index (κ2) is 5.66. The summed E-state index contributed by atoms with van der Waals surface area (Å²) in [5, 5.41) is 8.94. The maximum atomic E-state index is 10.9. The number of nitrogens with zero attached hydrogens (tertiary/aromatic N) is 2. The van der Waals surface area contributed by atoms with Crippen LogP contribution < -0.4 is 0 Å². The number of carbonyl (C=O) groups is 1. The third-order valence-corrected chi connectivity index (χ3v) is 4.06. The first-order valence-electron chi connectivity index (χ1n) is 7.16. The Morgan fingerprint density at radius 2 is 2.00 bits per heavy atom. The maximum absolute atomic E-state index is 10.9. The summed E-state index contributed by atoms with van der Waals surface area (Å²) in [6.07, 6.45) is 2.35. The van der Waals surface area contributed by atoms with Crippen LogP contribution in [0.1, 0.15) is 34.9 Å². The molecule has 108 valence electrons. The molecule has 0 spiro atoms. The van der Waals surface area contributed by atoms with Crippen LogP contribution in [-0.2, 0) is 0 Å². The van der Waals surface area contributed by atoms with Crippen molar-refractivity contribution < 1.29 is 9.90 Å². The van der Waals surface area contributed by atoms with E-state index in [-0.39, 0.29) is 0 Å². The van der Waals surface area contributed by atoms with Crippen molar-refractivity contribution in [3.8, 4) is 11.3 Å². The molecule has 2 heterocycles. The minimum atomic E-state index is -0.907. The predicted octanol–water partition coefficient (Wildman–Crippen LogP) is 3.21. The highest BCUT2D eigenvalue weighted by Gasteiger charge is 2.23. The third kappa shape index (κ3) is 2.81. The maximum Gasteiger partial charge on any atom is 0.335 e. The fraction of sp³-hybridized carbons (Fsp3) is 0.294. The number of hydrogen-bond donors (Lipinski definition) is 1.